The smallest absolute Gasteiger partial charge is 0.253 e. The van der Waals surface area contributed by atoms with Crippen molar-refractivity contribution in [1.82, 2.24) is 10.3 Å². The Balaban J connectivity index is 1.98. The maximum Gasteiger partial charge on any atom is 0.253 e. The molecule has 0 saturated heterocycles. The second kappa shape index (κ2) is 7.96. The van der Waals surface area contributed by atoms with Crippen molar-refractivity contribution in [2.75, 3.05) is 13.2 Å². The molecular weight excluding hydrogens is 288 g/mol. The number of hydrogen-bond acceptors (Lipinski definition) is 3. The number of halogens is 1. The highest BCUT2D eigenvalue weighted by Crippen LogP contribution is 2.24. The largest absolute Gasteiger partial charge is 0.396 e. The summed E-state index contributed by atoms with van der Waals surface area (Å²) in [5, 5.41) is 13.6. The summed E-state index contributed by atoms with van der Waals surface area (Å²) >= 11 is 6.05. The van der Waals surface area contributed by atoms with Gasteiger partial charge in [0.15, 0.2) is 0 Å². The van der Waals surface area contributed by atoms with Gasteiger partial charge < -0.3 is 10.4 Å². The van der Waals surface area contributed by atoms with E-state index in [1.54, 1.807) is 0 Å². The monoisotopic (exact) mass is 306 g/mol. The number of rotatable bonds is 7. The molecule has 5 heteroatoms. The lowest BCUT2D eigenvalue weighted by atomic mass is 10.1. The van der Waals surface area contributed by atoms with E-state index in [2.05, 4.69) is 10.3 Å². The molecule has 112 valence electrons. The minimum Gasteiger partial charge on any atom is -0.396 e. The fourth-order valence-corrected chi connectivity index (χ4v) is 2.44. The Morgan fingerprint density at radius 2 is 1.86 bits per heavy atom. The molecule has 0 spiro atoms. The molecule has 2 N–H and O–H groups in total. The third kappa shape index (κ3) is 4.16. The second-order valence-electron chi connectivity index (χ2n) is 4.90. The van der Waals surface area contributed by atoms with Crippen LogP contribution in [0.2, 0.25) is 5.15 Å². The lowest BCUT2D eigenvalue weighted by Crippen LogP contribution is -2.24. The maximum absolute atomic E-state index is 12.2. The first-order valence-electron chi connectivity index (χ1n) is 7.16. The van der Waals surface area contributed by atoms with Crippen LogP contribution >= 0.6 is 11.6 Å². The predicted octanol–water partition coefficient (Wildman–Crippen LogP) is 3.17. The number of aliphatic hydroxyl groups excluding tert-OH is 1. The van der Waals surface area contributed by atoms with Gasteiger partial charge in [0.2, 0.25) is 0 Å². The summed E-state index contributed by atoms with van der Waals surface area (Å²) in [7, 11) is 0. The molecule has 2 aromatic rings. The first-order chi connectivity index (χ1) is 10.2. The van der Waals surface area contributed by atoms with Gasteiger partial charge in [-0.15, -0.1) is 0 Å². The molecular formula is C16H19ClN2O2. The highest BCUT2D eigenvalue weighted by atomic mass is 35.5. The maximum atomic E-state index is 12.2. The van der Waals surface area contributed by atoms with Crippen molar-refractivity contribution in [3.05, 3.63) is 41.2 Å². The summed E-state index contributed by atoms with van der Waals surface area (Å²) in [5.74, 6) is -0.127. The van der Waals surface area contributed by atoms with Crippen molar-refractivity contribution in [2.45, 2.75) is 25.7 Å². The van der Waals surface area contributed by atoms with Crippen LogP contribution in [-0.2, 0) is 0 Å². The number of carbonyl (C=O) groups is 1. The zero-order valence-electron chi connectivity index (χ0n) is 11.8. The van der Waals surface area contributed by atoms with Gasteiger partial charge in [-0.25, -0.2) is 4.98 Å². The van der Waals surface area contributed by atoms with Crippen LogP contribution in [0.3, 0.4) is 0 Å². The van der Waals surface area contributed by atoms with Crippen molar-refractivity contribution in [3.8, 4) is 0 Å². The molecule has 1 heterocycles. The number of aliphatic hydroxyl groups is 1. The quantitative estimate of drug-likeness (QED) is 0.610. The second-order valence-corrected chi connectivity index (χ2v) is 5.26. The third-order valence-electron chi connectivity index (χ3n) is 3.36. The number of carbonyl (C=O) groups excluding carboxylic acids is 1. The van der Waals surface area contributed by atoms with Crippen LogP contribution in [-0.4, -0.2) is 29.1 Å². The summed E-state index contributed by atoms with van der Waals surface area (Å²) in [6, 6.07) is 7.48. The van der Waals surface area contributed by atoms with Gasteiger partial charge in [-0.1, -0.05) is 48.7 Å². The summed E-state index contributed by atoms with van der Waals surface area (Å²) in [6.07, 6.45) is 5.23. The molecule has 0 aliphatic heterocycles. The SMILES string of the molecule is O=C(NCCCCCCO)c1cnc(Cl)c2ccccc12. The Kier molecular flexibility index (Phi) is 5.96. The fourth-order valence-electron chi connectivity index (χ4n) is 2.23. The van der Waals surface area contributed by atoms with Crippen molar-refractivity contribution in [3.63, 3.8) is 0 Å². The molecule has 2 rings (SSSR count). The normalized spacial score (nSPS) is 10.8. The number of nitrogens with zero attached hydrogens (tertiary/aromatic N) is 1. The van der Waals surface area contributed by atoms with Crippen LogP contribution < -0.4 is 5.32 Å². The van der Waals surface area contributed by atoms with Crippen LogP contribution in [0.4, 0.5) is 0 Å². The molecule has 0 aliphatic carbocycles. The zero-order valence-corrected chi connectivity index (χ0v) is 12.6. The van der Waals surface area contributed by atoms with Gasteiger partial charge in [-0.3, -0.25) is 4.79 Å². The third-order valence-corrected chi connectivity index (χ3v) is 3.66. The van der Waals surface area contributed by atoms with Crippen LogP contribution in [0.5, 0.6) is 0 Å². The number of aromatic nitrogens is 1. The van der Waals surface area contributed by atoms with Crippen molar-refractivity contribution < 1.29 is 9.90 Å². The van der Waals surface area contributed by atoms with Crippen LogP contribution in [0, 0.1) is 0 Å². The van der Waals surface area contributed by atoms with Gasteiger partial charge in [-0.05, 0) is 18.2 Å². The van der Waals surface area contributed by atoms with E-state index in [1.807, 2.05) is 24.3 Å². The number of unbranched alkanes of at least 4 members (excludes halogenated alkanes) is 3. The van der Waals surface area contributed by atoms with Gasteiger partial charge in [0.25, 0.3) is 5.91 Å². The molecule has 4 nitrogen and oxygen atoms in total. The molecule has 0 saturated carbocycles. The summed E-state index contributed by atoms with van der Waals surface area (Å²) in [4.78, 5) is 16.3. The number of pyridine rings is 1. The van der Waals surface area contributed by atoms with Gasteiger partial charge in [0.1, 0.15) is 5.15 Å². The first-order valence-corrected chi connectivity index (χ1v) is 7.54. The molecule has 21 heavy (non-hydrogen) atoms. The summed E-state index contributed by atoms with van der Waals surface area (Å²) in [6.45, 7) is 0.857. The Bertz CT molecular complexity index is 616. The predicted molar refractivity (Wildman–Crippen MR) is 84.6 cm³/mol. The number of hydrogen-bond donors (Lipinski definition) is 2. The van der Waals surface area contributed by atoms with Crippen LogP contribution in [0.25, 0.3) is 10.8 Å². The Morgan fingerprint density at radius 3 is 2.62 bits per heavy atom. The molecule has 0 unspecified atom stereocenters. The minimum atomic E-state index is -0.127. The summed E-state index contributed by atoms with van der Waals surface area (Å²) < 4.78 is 0. The summed E-state index contributed by atoms with van der Waals surface area (Å²) in [5.41, 5.74) is 0.547. The van der Waals surface area contributed by atoms with Crippen molar-refractivity contribution in [2.24, 2.45) is 0 Å². The Labute approximate surface area is 129 Å². The molecule has 0 atom stereocenters. The highest BCUT2D eigenvalue weighted by Gasteiger charge is 2.11. The lowest BCUT2D eigenvalue weighted by Gasteiger charge is -2.08. The number of fused-ring (bicyclic) bond motifs is 1. The molecule has 1 aromatic carbocycles. The van der Waals surface area contributed by atoms with Gasteiger partial charge in [0.05, 0.1) is 5.56 Å². The average molecular weight is 307 g/mol. The van der Waals surface area contributed by atoms with Gasteiger partial charge in [-0.2, -0.15) is 0 Å². The Hall–Kier alpha value is -1.65. The number of benzene rings is 1. The van der Waals surface area contributed by atoms with Gasteiger partial charge in [0, 0.05) is 24.7 Å². The minimum absolute atomic E-state index is 0.127. The highest BCUT2D eigenvalue weighted by molar-refractivity contribution is 6.34. The molecule has 1 amide bonds. The van der Waals surface area contributed by atoms with Crippen molar-refractivity contribution in [1.29, 1.82) is 0 Å². The van der Waals surface area contributed by atoms with Crippen LogP contribution in [0.1, 0.15) is 36.0 Å². The van der Waals surface area contributed by atoms with Crippen molar-refractivity contribution >= 4 is 28.3 Å². The topological polar surface area (TPSA) is 62.2 Å². The zero-order chi connectivity index (χ0) is 15.1. The Morgan fingerprint density at radius 1 is 1.14 bits per heavy atom. The van der Waals surface area contributed by atoms with E-state index < -0.39 is 0 Å². The molecule has 0 aliphatic rings. The first kappa shape index (κ1) is 15.7. The molecule has 1 aromatic heterocycles. The number of amides is 1. The van der Waals surface area contributed by atoms with E-state index >= 15 is 0 Å². The van der Waals surface area contributed by atoms with Gasteiger partial charge >= 0.3 is 0 Å². The van der Waals surface area contributed by atoms with Crippen LogP contribution in [0.15, 0.2) is 30.5 Å². The standard InChI is InChI=1S/C16H19ClN2O2/c17-15-13-8-4-3-7-12(13)14(11-19-15)16(21)18-9-5-1-2-6-10-20/h3-4,7-8,11,20H,1-2,5-6,9-10H2,(H,18,21). The fraction of sp³-hybridized carbons (Fsp3) is 0.375. The van der Waals surface area contributed by atoms with E-state index in [4.69, 9.17) is 16.7 Å². The van der Waals surface area contributed by atoms with E-state index in [9.17, 15) is 4.79 Å². The lowest BCUT2D eigenvalue weighted by molar-refractivity contribution is 0.0954. The van der Waals surface area contributed by atoms with E-state index in [1.165, 1.54) is 6.20 Å². The molecule has 0 fully saturated rings. The molecule has 0 bridgehead atoms. The number of nitrogens with one attached hydrogen (secondary N) is 1. The van der Waals surface area contributed by atoms with E-state index in [0.29, 0.717) is 17.3 Å². The molecule has 0 radical (unpaired) electrons. The van der Waals surface area contributed by atoms with E-state index in [0.717, 1.165) is 36.5 Å². The van der Waals surface area contributed by atoms with E-state index in [-0.39, 0.29) is 12.5 Å². The average Bonchev–Trinajstić information content (AvgIpc) is 2.51.